The van der Waals surface area contributed by atoms with Crippen molar-refractivity contribution in [1.82, 2.24) is 10.2 Å². The van der Waals surface area contributed by atoms with Crippen molar-refractivity contribution in [3.05, 3.63) is 45.9 Å². The van der Waals surface area contributed by atoms with Crippen LogP contribution in [0.15, 0.2) is 44.1 Å². The first-order chi connectivity index (χ1) is 20.1. The molecule has 2 heterocycles. The molecule has 6 rings (SSSR count). The van der Waals surface area contributed by atoms with E-state index in [1.807, 2.05) is 26.0 Å². The Balaban J connectivity index is 1.29. The smallest absolute Gasteiger partial charge is 0.407 e. The number of nitrogens with zero attached hydrogens (tertiary/aromatic N) is 2. The number of anilines is 1. The molecular weight excluding hydrogens is 620 g/mol. The molecule has 2 N–H and O–H groups in total. The van der Waals surface area contributed by atoms with Crippen molar-refractivity contribution in [2.75, 3.05) is 19.0 Å². The Morgan fingerprint density at radius 1 is 1.19 bits per heavy atom. The maximum absolute atomic E-state index is 13.7. The van der Waals surface area contributed by atoms with Crippen LogP contribution >= 0.6 is 15.9 Å². The van der Waals surface area contributed by atoms with E-state index < -0.39 is 28.2 Å². The molecule has 1 saturated heterocycles. The number of hydrogen-bond acceptors (Lipinski definition) is 6. The second-order valence-electron chi connectivity index (χ2n) is 12.0. The molecule has 224 valence electrons. The number of halogens is 1. The number of amidine groups is 1. The van der Waals surface area contributed by atoms with Crippen LogP contribution in [0.5, 0.6) is 0 Å². The molecule has 42 heavy (non-hydrogen) atoms. The predicted octanol–water partition coefficient (Wildman–Crippen LogP) is 5.83. The van der Waals surface area contributed by atoms with Gasteiger partial charge in [-0.3, -0.25) is 4.79 Å². The lowest BCUT2D eigenvalue weighted by atomic mass is 9.93. The van der Waals surface area contributed by atoms with Crippen molar-refractivity contribution in [2.45, 2.75) is 81.7 Å². The summed E-state index contributed by atoms with van der Waals surface area (Å²) in [5.41, 5.74) is 5.11. The average molecular weight is 658 g/mol. The number of methoxy groups -OCH3 is 1. The van der Waals surface area contributed by atoms with Crippen LogP contribution in [0.25, 0.3) is 11.1 Å². The summed E-state index contributed by atoms with van der Waals surface area (Å²) in [6.45, 7) is 4.29. The Morgan fingerprint density at radius 3 is 2.76 bits per heavy atom. The lowest BCUT2D eigenvalue weighted by molar-refractivity contribution is -0.134. The van der Waals surface area contributed by atoms with E-state index in [0.717, 1.165) is 22.0 Å². The summed E-state index contributed by atoms with van der Waals surface area (Å²) in [5, 5.41) is 5.91. The van der Waals surface area contributed by atoms with Gasteiger partial charge in [0.25, 0.3) is 10.0 Å². The number of likely N-dealkylation sites (tertiary alicyclic amines) is 1. The molecular formula is C31H37BrN4O5S. The highest BCUT2D eigenvalue weighted by atomic mass is 79.9. The van der Waals surface area contributed by atoms with Gasteiger partial charge < -0.3 is 20.3 Å². The highest BCUT2D eigenvalue weighted by Crippen LogP contribution is 2.53. The fourth-order valence-corrected chi connectivity index (χ4v) is 9.17. The zero-order chi connectivity index (χ0) is 29.8. The number of hydrogen-bond donors (Lipinski definition) is 2. The van der Waals surface area contributed by atoms with Crippen LogP contribution in [-0.2, 0) is 26.0 Å². The minimum Gasteiger partial charge on any atom is -0.453 e. The van der Waals surface area contributed by atoms with Gasteiger partial charge in [-0.05, 0) is 90.3 Å². The number of ether oxygens (including phenoxy) is 1. The molecule has 11 heteroatoms. The van der Waals surface area contributed by atoms with Crippen LogP contribution in [0.2, 0.25) is 0 Å². The third-order valence-electron chi connectivity index (χ3n) is 9.64. The SMILES string of the molecule is CC[C@H](C)[C@H](NC(=O)OC)C(=O)N1CCC[C@H]1C1=NS(=O)(=O)c2cc(-c3ccc(Br)c4c3CC3CCCC43)ccc2N1. The van der Waals surface area contributed by atoms with Crippen molar-refractivity contribution in [1.29, 1.82) is 0 Å². The second kappa shape index (κ2) is 11.3. The number of carbonyl (C=O) groups is 2. The van der Waals surface area contributed by atoms with Gasteiger partial charge in [0.2, 0.25) is 5.91 Å². The van der Waals surface area contributed by atoms with E-state index in [1.54, 1.807) is 11.0 Å². The Kier molecular flexibility index (Phi) is 7.84. The van der Waals surface area contributed by atoms with Crippen LogP contribution in [0.1, 0.15) is 69.4 Å². The van der Waals surface area contributed by atoms with E-state index in [4.69, 9.17) is 4.74 Å². The number of sulfonamides is 1. The summed E-state index contributed by atoms with van der Waals surface area (Å²) in [4.78, 5) is 27.4. The van der Waals surface area contributed by atoms with Gasteiger partial charge in [-0.25, -0.2) is 4.79 Å². The van der Waals surface area contributed by atoms with Gasteiger partial charge >= 0.3 is 6.09 Å². The Hall–Kier alpha value is -2.92. The van der Waals surface area contributed by atoms with E-state index in [2.05, 4.69) is 43.1 Å². The van der Waals surface area contributed by atoms with E-state index >= 15 is 0 Å². The maximum Gasteiger partial charge on any atom is 0.407 e. The number of amides is 2. The van der Waals surface area contributed by atoms with E-state index in [9.17, 15) is 18.0 Å². The van der Waals surface area contributed by atoms with Crippen molar-refractivity contribution < 1.29 is 22.7 Å². The highest BCUT2D eigenvalue weighted by Gasteiger charge is 2.41. The van der Waals surface area contributed by atoms with Crippen LogP contribution in [0.3, 0.4) is 0 Å². The van der Waals surface area contributed by atoms with Crippen molar-refractivity contribution >= 4 is 49.5 Å². The molecule has 2 aromatic rings. The van der Waals surface area contributed by atoms with Gasteiger partial charge in [-0.2, -0.15) is 8.42 Å². The minimum atomic E-state index is -4.02. The van der Waals surface area contributed by atoms with Gasteiger partial charge in [0, 0.05) is 11.0 Å². The standard InChI is InChI=1S/C31H37BrN4O5S/c1-4-17(2)28(34-31(38)41-3)30(37)36-14-6-9-25(36)29-33-24-13-10-19(16-26(24)42(39,40)35-29)20-11-12-23(32)27-21-8-5-7-18(21)15-22(20)27/h10-13,16-18,21,25,28H,4-9,14-15H2,1-3H3,(H,33,35)(H,34,38)/t17-,18?,21?,25-,28-/m0/s1. The van der Waals surface area contributed by atoms with Gasteiger partial charge in [0.15, 0.2) is 0 Å². The molecule has 5 atom stereocenters. The predicted molar refractivity (Wildman–Crippen MR) is 165 cm³/mol. The third-order valence-corrected chi connectivity index (χ3v) is 11.7. The first-order valence-corrected chi connectivity index (χ1v) is 17.1. The number of rotatable bonds is 6. The number of benzene rings is 2. The lowest BCUT2D eigenvalue weighted by Crippen LogP contribution is -2.55. The number of fused-ring (bicyclic) bond motifs is 4. The fraction of sp³-hybridized carbons (Fsp3) is 0.516. The van der Waals surface area contributed by atoms with Gasteiger partial charge in [0.05, 0.1) is 18.8 Å². The molecule has 0 bridgehead atoms. The Labute approximate surface area is 255 Å². The molecule has 2 fully saturated rings. The van der Waals surface area contributed by atoms with Crippen molar-refractivity contribution in [3.63, 3.8) is 0 Å². The molecule has 0 spiro atoms. The van der Waals surface area contributed by atoms with Crippen LogP contribution in [0.4, 0.5) is 10.5 Å². The van der Waals surface area contributed by atoms with E-state index in [1.165, 1.54) is 37.5 Å². The van der Waals surface area contributed by atoms with E-state index in [0.29, 0.717) is 43.3 Å². The monoisotopic (exact) mass is 656 g/mol. The van der Waals surface area contributed by atoms with Gasteiger partial charge in [-0.15, -0.1) is 4.40 Å². The molecule has 2 aliphatic heterocycles. The second-order valence-corrected chi connectivity index (χ2v) is 14.4. The Morgan fingerprint density at radius 2 is 2.00 bits per heavy atom. The molecule has 2 unspecified atom stereocenters. The molecule has 2 aromatic carbocycles. The lowest BCUT2D eigenvalue weighted by Gasteiger charge is -2.33. The van der Waals surface area contributed by atoms with Crippen LogP contribution in [0, 0.1) is 11.8 Å². The fourth-order valence-electron chi connectivity index (χ4n) is 7.30. The third kappa shape index (κ3) is 5.02. The summed E-state index contributed by atoms with van der Waals surface area (Å²) in [6, 6.07) is 8.35. The number of alkyl carbamates (subject to hydrolysis) is 1. The average Bonchev–Trinajstić information content (AvgIpc) is 3.72. The summed E-state index contributed by atoms with van der Waals surface area (Å²) in [6.07, 6.45) is 5.99. The van der Waals surface area contributed by atoms with Crippen LogP contribution < -0.4 is 10.6 Å². The number of carbonyl (C=O) groups excluding carboxylic acids is 2. The number of nitrogens with one attached hydrogen (secondary N) is 2. The molecule has 2 aliphatic carbocycles. The molecule has 1 saturated carbocycles. The molecule has 0 aromatic heterocycles. The van der Waals surface area contributed by atoms with Gasteiger partial charge in [-0.1, -0.05) is 54.8 Å². The minimum absolute atomic E-state index is 0.137. The molecule has 4 aliphatic rings. The summed E-state index contributed by atoms with van der Waals surface area (Å²) in [7, 11) is -2.76. The van der Waals surface area contributed by atoms with Crippen molar-refractivity contribution in [3.8, 4) is 11.1 Å². The zero-order valence-corrected chi connectivity index (χ0v) is 26.6. The summed E-state index contributed by atoms with van der Waals surface area (Å²) < 4.78 is 37.3. The van der Waals surface area contributed by atoms with Crippen molar-refractivity contribution in [2.24, 2.45) is 16.2 Å². The topological polar surface area (TPSA) is 117 Å². The zero-order valence-electron chi connectivity index (χ0n) is 24.2. The molecule has 9 nitrogen and oxygen atoms in total. The van der Waals surface area contributed by atoms with Gasteiger partial charge in [0.1, 0.15) is 16.8 Å². The first kappa shape index (κ1) is 29.2. The molecule has 2 amide bonds. The summed E-state index contributed by atoms with van der Waals surface area (Å²) in [5.74, 6) is 1.06. The van der Waals surface area contributed by atoms with Crippen LogP contribution in [-0.4, -0.2) is 56.9 Å². The Bertz CT molecular complexity index is 1580. The normalized spacial score (nSPS) is 25.0. The quantitative estimate of drug-likeness (QED) is 0.404. The van der Waals surface area contributed by atoms with E-state index in [-0.39, 0.29) is 22.6 Å². The summed E-state index contributed by atoms with van der Waals surface area (Å²) >= 11 is 3.78. The molecule has 0 radical (unpaired) electrons. The first-order valence-electron chi connectivity index (χ1n) is 14.9. The largest absolute Gasteiger partial charge is 0.453 e. The maximum atomic E-state index is 13.7. The highest BCUT2D eigenvalue weighted by molar-refractivity contribution is 9.10.